The Morgan fingerprint density at radius 2 is 1.55 bits per heavy atom. The lowest BCUT2D eigenvalue weighted by Crippen LogP contribution is -2.01. The minimum absolute atomic E-state index is 0.808. The molecule has 0 saturated carbocycles. The van der Waals surface area contributed by atoms with Gasteiger partial charge in [0.15, 0.2) is 0 Å². The van der Waals surface area contributed by atoms with Crippen LogP contribution in [0.3, 0.4) is 0 Å². The first-order chi connectivity index (χ1) is 10.7. The van der Waals surface area contributed by atoms with Crippen molar-refractivity contribution in [3.8, 4) is 5.75 Å². The number of aryl methyl sites for hydroxylation is 1. The summed E-state index contributed by atoms with van der Waals surface area (Å²) in [5.41, 5.74) is 3.96. The fraction of sp³-hybridized carbons (Fsp3) is 0.474. The van der Waals surface area contributed by atoms with Crippen LogP contribution in [-0.2, 0) is 10.7 Å². The van der Waals surface area contributed by atoms with E-state index in [0.29, 0.717) is 0 Å². The highest BCUT2D eigenvalue weighted by Crippen LogP contribution is 2.34. The SMILES string of the molecule is CCCCCCOc1ccc2c(CBr)c(C)ccc2c1CBr. The molecule has 120 valence electrons. The predicted octanol–water partition coefficient (Wildman–Crippen LogP) is 6.90. The summed E-state index contributed by atoms with van der Waals surface area (Å²) in [5, 5.41) is 4.32. The summed E-state index contributed by atoms with van der Waals surface area (Å²) in [4.78, 5) is 0. The first-order valence-corrected chi connectivity index (χ1v) is 10.3. The molecule has 0 unspecified atom stereocenters. The Kier molecular flexibility index (Phi) is 7.23. The van der Waals surface area contributed by atoms with Gasteiger partial charge in [-0.3, -0.25) is 0 Å². The van der Waals surface area contributed by atoms with Crippen LogP contribution in [0.15, 0.2) is 24.3 Å². The van der Waals surface area contributed by atoms with E-state index < -0.39 is 0 Å². The standard InChI is InChI=1S/C19H24Br2O/c1-3-4-5-6-11-22-19-10-9-15-16(18(19)13-21)8-7-14(2)17(15)12-20/h7-10H,3-6,11-13H2,1-2H3. The second-order valence-corrected chi connectivity index (χ2v) is 6.80. The van der Waals surface area contributed by atoms with Crippen molar-refractivity contribution in [2.24, 2.45) is 0 Å². The fourth-order valence-corrected chi connectivity index (χ4v) is 4.10. The average molecular weight is 428 g/mol. The van der Waals surface area contributed by atoms with Crippen LogP contribution in [0, 0.1) is 6.92 Å². The van der Waals surface area contributed by atoms with E-state index in [9.17, 15) is 0 Å². The Morgan fingerprint density at radius 3 is 2.23 bits per heavy atom. The molecule has 0 radical (unpaired) electrons. The van der Waals surface area contributed by atoms with Crippen LogP contribution >= 0.6 is 31.9 Å². The molecule has 0 fully saturated rings. The molecule has 2 aromatic rings. The summed E-state index contributed by atoms with van der Waals surface area (Å²) >= 11 is 7.25. The summed E-state index contributed by atoms with van der Waals surface area (Å²) in [6.07, 6.45) is 4.94. The van der Waals surface area contributed by atoms with Crippen LogP contribution in [0.4, 0.5) is 0 Å². The maximum Gasteiger partial charge on any atom is 0.123 e. The van der Waals surface area contributed by atoms with Crippen molar-refractivity contribution in [3.05, 3.63) is 41.0 Å². The molecule has 22 heavy (non-hydrogen) atoms. The monoisotopic (exact) mass is 426 g/mol. The van der Waals surface area contributed by atoms with Crippen molar-refractivity contribution in [2.45, 2.75) is 50.2 Å². The molecule has 0 amide bonds. The zero-order valence-corrected chi connectivity index (χ0v) is 16.6. The number of hydrogen-bond donors (Lipinski definition) is 0. The molecular weight excluding hydrogens is 404 g/mol. The van der Waals surface area contributed by atoms with E-state index in [-0.39, 0.29) is 0 Å². The number of rotatable bonds is 8. The summed E-state index contributed by atoms with van der Waals surface area (Å²) in [7, 11) is 0. The van der Waals surface area contributed by atoms with E-state index >= 15 is 0 Å². The van der Waals surface area contributed by atoms with Gasteiger partial charge < -0.3 is 4.74 Å². The van der Waals surface area contributed by atoms with E-state index in [1.807, 2.05) is 0 Å². The van der Waals surface area contributed by atoms with Crippen LogP contribution in [0.2, 0.25) is 0 Å². The Morgan fingerprint density at radius 1 is 0.864 bits per heavy atom. The molecule has 0 N–H and O–H groups in total. The molecule has 0 bridgehead atoms. The van der Waals surface area contributed by atoms with Gasteiger partial charge in [-0.15, -0.1) is 0 Å². The quantitative estimate of drug-likeness (QED) is 0.329. The topological polar surface area (TPSA) is 9.23 Å². The second kappa shape index (κ2) is 8.93. The van der Waals surface area contributed by atoms with E-state index in [4.69, 9.17) is 4.74 Å². The normalized spacial score (nSPS) is 11.1. The minimum Gasteiger partial charge on any atom is -0.493 e. The van der Waals surface area contributed by atoms with Gasteiger partial charge in [0.1, 0.15) is 5.75 Å². The number of ether oxygens (including phenoxy) is 1. The first-order valence-electron chi connectivity index (χ1n) is 8.01. The zero-order chi connectivity index (χ0) is 15.9. The largest absolute Gasteiger partial charge is 0.493 e. The molecule has 0 atom stereocenters. The van der Waals surface area contributed by atoms with Gasteiger partial charge in [0.2, 0.25) is 0 Å². The van der Waals surface area contributed by atoms with Gasteiger partial charge in [-0.25, -0.2) is 0 Å². The Balaban J connectivity index is 2.27. The highest BCUT2D eigenvalue weighted by Gasteiger charge is 2.11. The molecule has 2 aromatic carbocycles. The summed E-state index contributed by atoms with van der Waals surface area (Å²) in [5.74, 6) is 1.02. The number of alkyl halides is 2. The van der Waals surface area contributed by atoms with Crippen molar-refractivity contribution in [1.82, 2.24) is 0 Å². The van der Waals surface area contributed by atoms with Crippen LogP contribution in [0.25, 0.3) is 10.8 Å². The van der Waals surface area contributed by atoms with Crippen LogP contribution in [0.1, 0.15) is 49.3 Å². The van der Waals surface area contributed by atoms with Crippen molar-refractivity contribution in [2.75, 3.05) is 6.61 Å². The molecule has 0 saturated heterocycles. The van der Waals surface area contributed by atoms with Crippen molar-refractivity contribution in [1.29, 1.82) is 0 Å². The number of benzene rings is 2. The molecule has 2 rings (SSSR count). The third-order valence-corrected chi connectivity index (χ3v) is 5.26. The van der Waals surface area contributed by atoms with Gasteiger partial charge in [-0.2, -0.15) is 0 Å². The highest BCUT2D eigenvalue weighted by atomic mass is 79.9. The third kappa shape index (κ3) is 4.05. The van der Waals surface area contributed by atoms with Crippen LogP contribution in [0.5, 0.6) is 5.75 Å². The molecular formula is C19H24Br2O. The number of hydrogen-bond acceptors (Lipinski definition) is 1. The molecule has 0 aliphatic carbocycles. The molecule has 0 heterocycles. The lowest BCUT2D eigenvalue weighted by molar-refractivity contribution is 0.303. The maximum atomic E-state index is 6.04. The molecule has 3 heteroatoms. The van der Waals surface area contributed by atoms with Gasteiger partial charge in [-0.1, -0.05) is 76.2 Å². The predicted molar refractivity (Wildman–Crippen MR) is 104 cm³/mol. The minimum atomic E-state index is 0.808. The summed E-state index contributed by atoms with van der Waals surface area (Å²) in [6.45, 7) is 5.21. The zero-order valence-electron chi connectivity index (χ0n) is 13.4. The van der Waals surface area contributed by atoms with Crippen LogP contribution in [-0.4, -0.2) is 6.61 Å². The third-order valence-electron chi connectivity index (χ3n) is 4.14. The van der Waals surface area contributed by atoms with E-state index in [1.165, 1.54) is 46.7 Å². The Hall–Kier alpha value is -0.540. The van der Waals surface area contributed by atoms with Crippen molar-refractivity contribution in [3.63, 3.8) is 0 Å². The van der Waals surface area contributed by atoms with Gasteiger partial charge in [0, 0.05) is 16.2 Å². The maximum absolute atomic E-state index is 6.04. The molecule has 0 aromatic heterocycles. The molecule has 0 aliphatic rings. The van der Waals surface area contributed by atoms with Gasteiger partial charge in [0.25, 0.3) is 0 Å². The smallest absolute Gasteiger partial charge is 0.123 e. The van der Waals surface area contributed by atoms with Gasteiger partial charge in [-0.05, 0) is 41.3 Å². The lowest BCUT2D eigenvalue weighted by atomic mass is 9.97. The van der Waals surface area contributed by atoms with E-state index in [1.54, 1.807) is 0 Å². The Labute approximate surface area is 150 Å². The van der Waals surface area contributed by atoms with Gasteiger partial charge in [0.05, 0.1) is 6.61 Å². The average Bonchev–Trinajstić information content (AvgIpc) is 2.54. The second-order valence-electron chi connectivity index (χ2n) is 5.67. The number of unbranched alkanes of at least 4 members (excludes halogenated alkanes) is 3. The van der Waals surface area contributed by atoms with E-state index in [2.05, 4.69) is 70.0 Å². The first kappa shape index (κ1) is 17.8. The van der Waals surface area contributed by atoms with Crippen molar-refractivity contribution < 1.29 is 4.74 Å². The highest BCUT2D eigenvalue weighted by molar-refractivity contribution is 9.08. The lowest BCUT2D eigenvalue weighted by Gasteiger charge is -2.15. The summed E-state index contributed by atoms with van der Waals surface area (Å²) < 4.78 is 6.04. The van der Waals surface area contributed by atoms with Gasteiger partial charge >= 0.3 is 0 Å². The number of halogens is 2. The molecule has 1 nitrogen and oxygen atoms in total. The van der Waals surface area contributed by atoms with E-state index in [0.717, 1.165) is 29.4 Å². The van der Waals surface area contributed by atoms with Crippen molar-refractivity contribution >= 4 is 42.6 Å². The molecule has 0 spiro atoms. The summed E-state index contributed by atoms with van der Waals surface area (Å²) in [6, 6.07) is 8.75. The Bertz CT molecular complexity index is 622. The number of fused-ring (bicyclic) bond motifs is 1. The van der Waals surface area contributed by atoms with Crippen LogP contribution < -0.4 is 4.74 Å². The fourth-order valence-electron chi connectivity index (χ4n) is 2.78. The molecule has 0 aliphatic heterocycles.